The second-order valence-corrected chi connectivity index (χ2v) is 6.04. The average molecular weight is 297 g/mol. The topological polar surface area (TPSA) is 24.9 Å². The van der Waals surface area contributed by atoms with E-state index in [9.17, 15) is 0 Å². The first kappa shape index (κ1) is 12.9. The van der Waals surface area contributed by atoms with Crippen molar-refractivity contribution in [2.45, 2.75) is 52.0 Å². The van der Waals surface area contributed by atoms with Crippen LogP contribution in [0.15, 0.2) is 16.7 Å². The van der Waals surface area contributed by atoms with Crippen LogP contribution in [0, 0.1) is 12.8 Å². The van der Waals surface area contributed by atoms with Crippen molar-refractivity contribution >= 4 is 21.7 Å². The first-order valence-electron chi connectivity index (χ1n) is 6.54. The molecule has 1 aromatic heterocycles. The first-order valence-corrected chi connectivity index (χ1v) is 7.33. The van der Waals surface area contributed by atoms with Crippen molar-refractivity contribution in [3.8, 4) is 0 Å². The predicted molar refractivity (Wildman–Crippen MR) is 76.3 cm³/mol. The largest absolute Gasteiger partial charge is 0.366 e. The van der Waals surface area contributed by atoms with Crippen molar-refractivity contribution in [3.05, 3.63) is 22.3 Å². The van der Waals surface area contributed by atoms with Gasteiger partial charge in [0.2, 0.25) is 0 Å². The molecule has 2 atom stereocenters. The quantitative estimate of drug-likeness (QED) is 0.811. The van der Waals surface area contributed by atoms with Crippen molar-refractivity contribution in [2.24, 2.45) is 5.92 Å². The van der Waals surface area contributed by atoms with Crippen LogP contribution in [0.25, 0.3) is 0 Å². The van der Waals surface area contributed by atoms with Crippen molar-refractivity contribution in [3.63, 3.8) is 0 Å². The summed E-state index contributed by atoms with van der Waals surface area (Å²) in [5, 5.41) is 3.59. The molecule has 1 saturated carbocycles. The zero-order valence-electron chi connectivity index (χ0n) is 10.7. The van der Waals surface area contributed by atoms with Crippen LogP contribution in [0.1, 0.15) is 44.6 Å². The molecule has 0 amide bonds. The molecule has 2 nitrogen and oxygen atoms in total. The van der Waals surface area contributed by atoms with Crippen molar-refractivity contribution in [2.75, 3.05) is 5.32 Å². The van der Waals surface area contributed by atoms with Gasteiger partial charge in [0, 0.05) is 12.2 Å². The Morgan fingerprint density at radius 2 is 2.12 bits per heavy atom. The molecule has 1 aromatic rings. The lowest BCUT2D eigenvalue weighted by Gasteiger charge is -2.18. The number of halogens is 1. The molecule has 1 heterocycles. The van der Waals surface area contributed by atoms with Gasteiger partial charge >= 0.3 is 0 Å². The molecule has 0 aromatic carbocycles. The van der Waals surface area contributed by atoms with E-state index in [1.807, 2.05) is 12.3 Å². The van der Waals surface area contributed by atoms with Gasteiger partial charge in [-0.25, -0.2) is 4.98 Å². The lowest BCUT2D eigenvalue weighted by Crippen LogP contribution is -2.19. The van der Waals surface area contributed by atoms with Gasteiger partial charge in [-0.05, 0) is 59.7 Å². The van der Waals surface area contributed by atoms with Gasteiger partial charge in [-0.2, -0.15) is 0 Å². The summed E-state index contributed by atoms with van der Waals surface area (Å²) < 4.78 is 1.11. The summed E-state index contributed by atoms with van der Waals surface area (Å²) in [6, 6.07) is 2.62. The van der Waals surface area contributed by atoms with Gasteiger partial charge < -0.3 is 5.32 Å². The molecule has 0 aliphatic heterocycles. The summed E-state index contributed by atoms with van der Waals surface area (Å²) in [5.74, 6) is 1.89. The summed E-state index contributed by atoms with van der Waals surface area (Å²) in [6.07, 6.45) is 8.46. The van der Waals surface area contributed by atoms with E-state index in [-0.39, 0.29) is 0 Å². The average Bonchev–Trinajstić information content (AvgIpc) is 2.50. The van der Waals surface area contributed by atoms with Gasteiger partial charge in [0.1, 0.15) is 5.82 Å². The van der Waals surface area contributed by atoms with E-state index in [0.29, 0.717) is 6.04 Å². The van der Waals surface area contributed by atoms with Gasteiger partial charge in [-0.3, -0.25) is 0 Å². The number of nitrogens with one attached hydrogen (secondary N) is 1. The van der Waals surface area contributed by atoms with E-state index in [0.717, 1.165) is 16.2 Å². The van der Waals surface area contributed by atoms with Crippen LogP contribution in [0.5, 0.6) is 0 Å². The molecular formula is C14H21BrN2. The van der Waals surface area contributed by atoms with Gasteiger partial charge in [0.15, 0.2) is 0 Å². The Kier molecular flexibility index (Phi) is 4.43. The highest BCUT2D eigenvalue weighted by Gasteiger charge is 2.17. The minimum atomic E-state index is 0.588. The molecule has 3 heteroatoms. The number of aryl methyl sites for hydroxylation is 1. The fourth-order valence-corrected chi connectivity index (χ4v) is 2.81. The Morgan fingerprint density at radius 3 is 2.94 bits per heavy atom. The number of hydrogen-bond donors (Lipinski definition) is 1. The maximum atomic E-state index is 4.42. The number of nitrogens with zero attached hydrogens (tertiary/aromatic N) is 1. The van der Waals surface area contributed by atoms with Gasteiger partial charge in [0.05, 0.1) is 4.47 Å². The highest BCUT2D eigenvalue weighted by atomic mass is 79.9. The SMILES string of the molecule is Cc1ccnc(NC2CCCC(C)CC2)c1Br. The summed E-state index contributed by atoms with van der Waals surface area (Å²) in [6.45, 7) is 4.47. The first-order chi connectivity index (χ1) is 8.16. The molecule has 1 aliphatic rings. The fourth-order valence-electron chi connectivity index (χ4n) is 2.47. The lowest BCUT2D eigenvalue weighted by atomic mass is 10.0. The van der Waals surface area contributed by atoms with Crippen molar-refractivity contribution in [1.29, 1.82) is 0 Å². The lowest BCUT2D eigenvalue weighted by molar-refractivity contribution is 0.502. The highest BCUT2D eigenvalue weighted by Crippen LogP contribution is 2.28. The van der Waals surface area contributed by atoms with Crippen molar-refractivity contribution in [1.82, 2.24) is 4.98 Å². The van der Waals surface area contributed by atoms with E-state index >= 15 is 0 Å². The van der Waals surface area contributed by atoms with Crippen LogP contribution in [0.2, 0.25) is 0 Å². The van der Waals surface area contributed by atoms with Crippen LogP contribution in [0.3, 0.4) is 0 Å². The van der Waals surface area contributed by atoms with Gasteiger partial charge in [0.25, 0.3) is 0 Å². The maximum absolute atomic E-state index is 4.42. The normalized spacial score (nSPS) is 25.4. The zero-order valence-corrected chi connectivity index (χ0v) is 12.3. The molecule has 0 saturated heterocycles. The standard InChI is InChI=1S/C14H21BrN2/c1-10-4-3-5-12(7-6-10)17-14-13(15)11(2)8-9-16-14/h8-10,12H,3-7H2,1-2H3,(H,16,17). The Bertz CT molecular complexity index is 378. The van der Waals surface area contributed by atoms with Crippen molar-refractivity contribution < 1.29 is 0 Å². The summed E-state index contributed by atoms with van der Waals surface area (Å²) in [7, 11) is 0. The Morgan fingerprint density at radius 1 is 1.29 bits per heavy atom. The third-order valence-electron chi connectivity index (χ3n) is 3.68. The van der Waals surface area contributed by atoms with E-state index in [2.05, 4.69) is 40.1 Å². The van der Waals surface area contributed by atoms with Crippen LogP contribution in [-0.4, -0.2) is 11.0 Å². The van der Waals surface area contributed by atoms with E-state index in [4.69, 9.17) is 0 Å². The third kappa shape index (κ3) is 3.44. The molecule has 94 valence electrons. The number of aromatic nitrogens is 1. The molecule has 0 spiro atoms. The van der Waals surface area contributed by atoms with E-state index in [1.165, 1.54) is 37.7 Å². The number of anilines is 1. The molecule has 0 radical (unpaired) electrons. The monoisotopic (exact) mass is 296 g/mol. The zero-order chi connectivity index (χ0) is 12.3. The fraction of sp³-hybridized carbons (Fsp3) is 0.643. The molecule has 2 unspecified atom stereocenters. The Labute approximate surface area is 112 Å². The van der Waals surface area contributed by atoms with E-state index < -0.39 is 0 Å². The maximum Gasteiger partial charge on any atom is 0.140 e. The smallest absolute Gasteiger partial charge is 0.140 e. The van der Waals surface area contributed by atoms with Crippen LogP contribution in [-0.2, 0) is 0 Å². The second-order valence-electron chi connectivity index (χ2n) is 5.25. The minimum Gasteiger partial charge on any atom is -0.366 e. The molecule has 1 fully saturated rings. The predicted octanol–water partition coefficient (Wildman–Crippen LogP) is 4.53. The van der Waals surface area contributed by atoms with Gasteiger partial charge in [-0.15, -0.1) is 0 Å². The number of hydrogen-bond acceptors (Lipinski definition) is 2. The molecule has 2 rings (SSSR count). The van der Waals surface area contributed by atoms with Crippen LogP contribution in [0.4, 0.5) is 5.82 Å². The van der Waals surface area contributed by atoms with Gasteiger partial charge in [-0.1, -0.05) is 19.8 Å². The minimum absolute atomic E-state index is 0.588. The third-order valence-corrected chi connectivity index (χ3v) is 4.68. The molecular weight excluding hydrogens is 276 g/mol. The molecule has 0 bridgehead atoms. The van der Waals surface area contributed by atoms with Crippen LogP contribution >= 0.6 is 15.9 Å². The molecule has 17 heavy (non-hydrogen) atoms. The molecule has 1 aliphatic carbocycles. The van der Waals surface area contributed by atoms with Crippen LogP contribution < -0.4 is 5.32 Å². The number of rotatable bonds is 2. The summed E-state index contributed by atoms with van der Waals surface area (Å²) in [5.41, 5.74) is 1.24. The highest BCUT2D eigenvalue weighted by molar-refractivity contribution is 9.10. The summed E-state index contributed by atoms with van der Waals surface area (Å²) >= 11 is 3.61. The Balaban J connectivity index is 2.02. The molecule has 1 N–H and O–H groups in total. The summed E-state index contributed by atoms with van der Waals surface area (Å²) in [4.78, 5) is 4.42. The van der Waals surface area contributed by atoms with E-state index in [1.54, 1.807) is 0 Å². The Hall–Kier alpha value is -0.570. The second kappa shape index (κ2) is 5.85. The number of pyridine rings is 1.